The Balaban J connectivity index is 2.57. The van der Waals surface area contributed by atoms with Crippen LogP contribution in [0, 0.1) is 10.1 Å². The number of nitrogens with zero attached hydrogens (tertiary/aromatic N) is 1. The molecule has 0 spiro atoms. The number of nitrogen functional groups attached to an aromatic ring is 1. The molecule has 0 heterocycles. The summed E-state index contributed by atoms with van der Waals surface area (Å²) in [6.45, 7) is 2.49. The fourth-order valence-corrected chi connectivity index (χ4v) is 1.40. The van der Waals surface area contributed by atoms with Gasteiger partial charge in [0, 0.05) is 18.7 Å². The molecule has 0 aliphatic carbocycles. The van der Waals surface area contributed by atoms with Crippen molar-refractivity contribution < 1.29 is 10.0 Å². The quantitative estimate of drug-likeness (QED) is 0.399. The van der Waals surface area contributed by atoms with Crippen molar-refractivity contribution in [3.05, 3.63) is 28.3 Å². The van der Waals surface area contributed by atoms with Crippen LogP contribution in [0.4, 0.5) is 17.1 Å². The van der Waals surface area contributed by atoms with Crippen molar-refractivity contribution in [3.63, 3.8) is 0 Å². The number of anilines is 2. The SMILES string of the molecule is CCC(O)CCNc1ccc([N+](=O)[O-])cc1N. The zero-order valence-electron chi connectivity index (χ0n) is 9.72. The van der Waals surface area contributed by atoms with Gasteiger partial charge in [-0.1, -0.05) is 6.92 Å². The predicted molar refractivity (Wildman–Crippen MR) is 66.9 cm³/mol. The Bertz CT molecular complexity index is 396. The first kappa shape index (κ1) is 13.2. The molecule has 0 aromatic heterocycles. The lowest BCUT2D eigenvalue weighted by Crippen LogP contribution is -2.13. The molecule has 17 heavy (non-hydrogen) atoms. The van der Waals surface area contributed by atoms with Gasteiger partial charge < -0.3 is 16.2 Å². The largest absolute Gasteiger partial charge is 0.397 e. The van der Waals surface area contributed by atoms with Gasteiger partial charge in [-0.25, -0.2) is 0 Å². The molecule has 0 amide bonds. The fourth-order valence-electron chi connectivity index (χ4n) is 1.40. The first-order chi connectivity index (χ1) is 8.04. The van der Waals surface area contributed by atoms with Crippen molar-refractivity contribution in [2.75, 3.05) is 17.6 Å². The Morgan fingerprint density at radius 1 is 1.59 bits per heavy atom. The monoisotopic (exact) mass is 239 g/mol. The maximum Gasteiger partial charge on any atom is 0.271 e. The van der Waals surface area contributed by atoms with Crippen molar-refractivity contribution in [1.82, 2.24) is 0 Å². The molecule has 6 heteroatoms. The van der Waals surface area contributed by atoms with Crippen LogP contribution in [0.5, 0.6) is 0 Å². The predicted octanol–water partition coefficient (Wildman–Crippen LogP) is 1.75. The Morgan fingerprint density at radius 3 is 2.82 bits per heavy atom. The summed E-state index contributed by atoms with van der Waals surface area (Å²) in [6.07, 6.45) is 0.992. The van der Waals surface area contributed by atoms with Gasteiger partial charge in [0.1, 0.15) is 0 Å². The van der Waals surface area contributed by atoms with Crippen LogP contribution in [0.3, 0.4) is 0 Å². The molecule has 1 aromatic carbocycles. The standard InChI is InChI=1S/C11H17N3O3/c1-2-9(15)5-6-13-11-4-3-8(14(16)17)7-10(11)12/h3-4,7,9,13,15H,2,5-6,12H2,1H3. The summed E-state index contributed by atoms with van der Waals surface area (Å²) in [5.41, 5.74) is 6.64. The van der Waals surface area contributed by atoms with E-state index in [1.807, 2.05) is 6.92 Å². The molecule has 1 atom stereocenters. The average molecular weight is 239 g/mol. The van der Waals surface area contributed by atoms with Crippen LogP contribution in [-0.4, -0.2) is 22.7 Å². The lowest BCUT2D eigenvalue weighted by Gasteiger charge is -2.11. The minimum Gasteiger partial charge on any atom is -0.397 e. The van der Waals surface area contributed by atoms with Crippen LogP contribution in [0.15, 0.2) is 18.2 Å². The van der Waals surface area contributed by atoms with E-state index in [4.69, 9.17) is 5.73 Å². The topological polar surface area (TPSA) is 101 Å². The van der Waals surface area contributed by atoms with E-state index >= 15 is 0 Å². The Hall–Kier alpha value is -1.82. The average Bonchev–Trinajstić information content (AvgIpc) is 2.30. The molecule has 1 unspecified atom stereocenters. The number of rotatable bonds is 6. The molecule has 4 N–H and O–H groups in total. The van der Waals surface area contributed by atoms with E-state index in [9.17, 15) is 15.2 Å². The molecule has 0 saturated heterocycles. The molecule has 0 bridgehead atoms. The molecule has 0 saturated carbocycles. The Kier molecular flexibility index (Phi) is 4.71. The third-order valence-electron chi connectivity index (χ3n) is 2.51. The van der Waals surface area contributed by atoms with Crippen molar-refractivity contribution in [1.29, 1.82) is 0 Å². The molecule has 0 fully saturated rings. The first-order valence-electron chi connectivity index (χ1n) is 5.50. The van der Waals surface area contributed by atoms with Crippen LogP contribution in [0.25, 0.3) is 0 Å². The third kappa shape index (κ3) is 3.92. The second-order valence-corrected chi connectivity index (χ2v) is 3.81. The Labute approximate surface area is 99.6 Å². The molecule has 6 nitrogen and oxygen atoms in total. The van der Waals surface area contributed by atoms with E-state index in [-0.39, 0.29) is 11.8 Å². The number of benzene rings is 1. The molecule has 94 valence electrons. The number of aliphatic hydroxyl groups excluding tert-OH is 1. The molecule has 0 aliphatic heterocycles. The maximum absolute atomic E-state index is 10.5. The third-order valence-corrected chi connectivity index (χ3v) is 2.51. The smallest absolute Gasteiger partial charge is 0.271 e. The van der Waals surface area contributed by atoms with E-state index in [0.29, 0.717) is 30.8 Å². The summed E-state index contributed by atoms with van der Waals surface area (Å²) < 4.78 is 0. The lowest BCUT2D eigenvalue weighted by molar-refractivity contribution is -0.384. The molecular formula is C11H17N3O3. The molecule has 0 aliphatic rings. The number of aliphatic hydroxyl groups is 1. The van der Waals surface area contributed by atoms with E-state index < -0.39 is 4.92 Å². The number of nitro groups is 1. The second kappa shape index (κ2) is 6.05. The van der Waals surface area contributed by atoms with Crippen LogP contribution in [0.1, 0.15) is 19.8 Å². The van der Waals surface area contributed by atoms with Crippen LogP contribution < -0.4 is 11.1 Å². The zero-order valence-corrected chi connectivity index (χ0v) is 9.72. The number of hydrogen-bond acceptors (Lipinski definition) is 5. The van der Waals surface area contributed by atoms with E-state index in [0.717, 1.165) is 0 Å². The van der Waals surface area contributed by atoms with E-state index in [1.165, 1.54) is 12.1 Å². The van der Waals surface area contributed by atoms with Gasteiger partial charge in [0.2, 0.25) is 0 Å². The Morgan fingerprint density at radius 2 is 2.29 bits per heavy atom. The van der Waals surface area contributed by atoms with Crippen molar-refractivity contribution in [2.45, 2.75) is 25.9 Å². The highest BCUT2D eigenvalue weighted by atomic mass is 16.6. The normalized spacial score (nSPS) is 12.1. The number of nitro benzene ring substituents is 1. The highest BCUT2D eigenvalue weighted by Gasteiger charge is 2.08. The summed E-state index contributed by atoms with van der Waals surface area (Å²) in [5.74, 6) is 0. The number of nitrogens with two attached hydrogens (primary N) is 1. The summed E-state index contributed by atoms with van der Waals surface area (Å²) in [6, 6.07) is 4.29. The van der Waals surface area contributed by atoms with Gasteiger partial charge >= 0.3 is 0 Å². The number of hydrogen-bond donors (Lipinski definition) is 3. The van der Waals surface area contributed by atoms with Crippen LogP contribution in [0.2, 0.25) is 0 Å². The van der Waals surface area contributed by atoms with Gasteiger partial charge in [0.25, 0.3) is 5.69 Å². The van der Waals surface area contributed by atoms with Crippen molar-refractivity contribution in [2.24, 2.45) is 0 Å². The zero-order chi connectivity index (χ0) is 12.8. The maximum atomic E-state index is 10.5. The second-order valence-electron chi connectivity index (χ2n) is 3.81. The number of non-ortho nitro benzene ring substituents is 1. The van der Waals surface area contributed by atoms with Crippen LogP contribution in [-0.2, 0) is 0 Å². The fraction of sp³-hybridized carbons (Fsp3) is 0.455. The minimum atomic E-state index is -0.485. The summed E-state index contributed by atoms with van der Waals surface area (Å²) in [4.78, 5) is 10.0. The highest BCUT2D eigenvalue weighted by Crippen LogP contribution is 2.23. The van der Waals surface area contributed by atoms with Crippen LogP contribution >= 0.6 is 0 Å². The number of nitrogens with one attached hydrogen (secondary N) is 1. The lowest BCUT2D eigenvalue weighted by atomic mass is 10.2. The highest BCUT2D eigenvalue weighted by molar-refractivity contribution is 5.69. The van der Waals surface area contributed by atoms with Gasteiger partial charge in [-0.3, -0.25) is 10.1 Å². The molecular weight excluding hydrogens is 222 g/mol. The van der Waals surface area contributed by atoms with Gasteiger partial charge in [-0.2, -0.15) is 0 Å². The molecule has 0 radical (unpaired) electrons. The van der Waals surface area contributed by atoms with Gasteiger partial charge in [-0.05, 0) is 18.9 Å². The molecule has 1 rings (SSSR count). The van der Waals surface area contributed by atoms with Crippen molar-refractivity contribution in [3.8, 4) is 0 Å². The van der Waals surface area contributed by atoms with Gasteiger partial charge in [0.05, 0.1) is 22.4 Å². The van der Waals surface area contributed by atoms with E-state index in [1.54, 1.807) is 6.07 Å². The van der Waals surface area contributed by atoms with E-state index in [2.05, 4.69) is 5.32 Å². The van der Waals surface area contributed by atoms with Crippen molar-refractivity contribution >= 4 is 17.1 Å². The molecule has 1 aromatic rings. The van der Waals surface area contributed by atoms with Gasteiger partial charge in [-0.15, -0.1) is 0 Å². The minimum absolute atomic E-state index is 0.0263. The summed E-state index contributed by atoms with van der Waals surface area (Å²) >= 11 is 0. The van der Waals surface area contributed by atoms with Gasteiger partial charge in [0.15, 0.2) is 0 Å². The first-order valence-corrected chi connectivity index (χ1v) is 5.50. The summed E-state index contributed by atoms with van der Waals surface area (Å²) in [5, 5.41) is 22.9. The summed E-state index contributed by atoms with van der Waals surface area (Å²) in [7, 11) is 0.